The quantitative estimate of drug-likeness (QED) is 0.161. The van der Waals surface area contributed by atoms with Crippen LogP contribution in [0.5, 0.6) is 0 Å². The number of nitrogens with zero attached hydrogens (tertiary/aromatic N) is 2. The number of fused-ring (bicyclic) bond motifs is 5. The minimum atomic E-state index is 0.0300. The average molecular weight is 777 g/mol. The van der Waals surface area contributed by atoms with Crippen LogP contribution in [0.25, 0.3) is 10.1 Å². The number of benzene rings is 6. The number of thiophene rings is 1. The van der Waals surface area contributed by atoms with E-state index in [1.807, 2.05) is 11.3 Å². The fourth-order valence-electron chi connectivity index (χ4n) is 9.49. The lowest BCUT2D eigenvalue weighted by atomic mass is 9.35. The zero-order valence-electron chi connectivity index (χ0n) is 36.1. The van der Waals surface area contributed by atoms with E-state index in [1.165, 1.54) is 77.9 Å². The predicted molar refractivity (Wildman–Crippen MR) is 255 cm³/mol. The first-order chi connectivity index (χ1) is 27.5. The first-order valence-corrected chi connectivity index (χ1v) is 22.0. The molecule has 0 saturated carbocycles. The van der Waals surface area contributed by atoms with Crippen molar-refractivity contribution in [1.29, 1.82) is 0 Å². The SMILES string of the molecule is CC(C)(C)c1ccc(N2c3cc(N(c4ccccc4)c4ccccc4)ccc3B(c3ccc4c(c3)C(C)(C)CCC4(C)C)c3c2sc2ccc(C(C)(C)C)cc32)cc1. The third-order valence-electron chi connectivity index (χ3n) is 13.1. The van der Waals surface area contributed by atoms with Crippen molar-refractivity contribution >= 4 is 78.0 Å². The van der Waals surface area contributed by atoms with Crippen LogP contribution in [-0.4, -0.2) is 6.71 Å². The highest BCUT2D eigenvalue weighted by molar-refractivity contribution is 7.26. The molecule has 292 valence electrons. The number of hydrogen-bond acceptors (Lipinski definition) is 3. The lowest BCUT2D eigenvalue weighted by molar-refractivity contribution is 0.332. The molecule has 0 spiro atoms. The highest BCUT2D eigenvalue weighted by atomic mass is 32.1. The normalized spacial score (nSPS) is 15.8. The molecule has 58 heavy (non-hydrogen) atoms. The standard InChI is InChI=1S/C54H57BN2S/c1-51(2,3)36-21-25-41(26-22-36)57-47-35-42(56(39-17-13-11-14-18-39)40-19-15-12-16-20-40)27-29-46(47)55(38-24-28-44-45(34-38)54(9,10)32-31-53(44,7)8)49-43-33-37(52(4,5)6)23-30-48(43)58-50(49)57/h11-30,33-35H,31-32H2,1-10H3. The summed E-state index contributed by atoms with van der Waals surface area (Å²) in [6, 6.07) is 53.0. The zero-order valence-corrected chi connectivity index (χ0v) is 36.9. The maximum atomic E-state index is 2.60. The molecule has 0 unspecified atom stereocenters. The van der Waals surface area contributed by atoms with Gasteiger partial charge in [0.25, 0.3) is 0 Å². The Morgan fingerprint density at radius 3 is 1.76 bits per heavy atom. The summed E-state index contributed by atoms with van der Waals surface area (Å²) in [5.74, 6) is 0. The van der Waals surface area contributed by atoms with Crippen LogP contribution in [0.3, 0.4) is 0 Å². The van der Waals surface area contributed by atoms with E-state index in [0.717, 1.165) is 17.1 Å². The molecule has 7 aromatic rings. The van der Waals surface area contributed by atoms with Crippen molar-refractivity contribution in [1.82, 2.24) is 0 Å². The van der Waals surface area contributed by atoms with E-state index < -0.39 is 0 Å². The fourth-order valence-corrected chi connectivity index (χ4v) is 10.7. The van der Waals surface area contributed by atoms with E-state index in [2.05, 4.69) is 219 Å². The minimum absolute atomic E-state index is 0.0300. The molecule has 1 aromatic heterocycles. The van der Waals surface area contributed by atoms with Crippen molar-refractivity contribution in [3.05, 3.63) is 162 Å². The van der Waals surface area contributed by atoms with Gasteiger partial charge in [0.05, 0.1) is 5.00 Å². The molecular formula is C54H57BN2S. The van der Waals surface area contributed by atoms with Crippen molar-refractivity contribution in [2.45, 2.75) is 104 Å². The van der Waals surface area contributed by atoms with Gasteiger partial charge in [-0.3, -0.25) is 0 Å². The summed E-state index contributed by atoms with van der Waals surface area (Å²) in [7, 11) is 0. The summed E-state index contributed by atoms with van der Waals surface area (Å²) < 4.78 is 1.34. The molecule has 2 nitrogen and oxygen atoms in total. The van der Waals surface area contributed by atoms with Crippen LogP contribution >= 0.6 is 11.3 Å². The second-order valence-corrected chi connectivity index (χ2v) is 21.2. The molecule has 0 bridgehead atoms. The predicted octanol–water partition coefficient (Wildman–Crippen LogP) is 13.6. The van der Waals surface area contributed by atoms with Crippen LogP contribution in [0.15, 0.2) is 140 Å². The number of anilines is 6. The van der Waals surface area contributed by atoms with Crippen LogP contribution in [0.2, 0.25) is 0 Å². The minimum Gasteiger partial charge on any atom is -0.310 e. The molecule has 2 aliphatic rings. The van der Waals surface area contributed by atoms with E-state index in [1.54, 1.807) is 0 Å². The van der Waals surface area contributed by atoms with Gasteiger partial charge in [0.1, 0.15) is 0 Å². The van der Waals surface area contributed by atoms with Crippen molar-refractivity contribution in [3.8, 4) is 0 Å². The molecule has 0 radical (unpaired) electrons. The fraction of sp³-hybridized carbons (Fsp3) is 0.296. The first kappa shape index (κ1) is 38.5. The lowest BCUT2D eigenvalue weighted by Crippen LogP contribution is -2.57. The van der Waals surface area contributed by atoms with Gasteiger partial charge in [0.2, 0.25) is 6.71 Å². The van der Waals surface area contributed by atoms with Crippen molar-refractivity contribution in [3.63, 3.8) is 0 Å². The molecule has 9 rings (SSSR count). The molecule has 1 aliphatic heterocycles. The highest BCUT2D eigenvalue weighted by Gasteiger charge is 2.42. The molecule has 0 saturated heterocycles. The Hall–Kier alpha value is -5.06. The molecule has 0 atom stereocenters. The first-order valence-electron chi connectivity index (χ1n) is 21.2. The molecular weight excluding hydrogens is 719 g/mol. The Morgan fingerprint density at radius 2 is 1.16 bits per heavy atom. The van der Waals surface area contributed by atoms with Crippen LogP contribution in [-0.2, 0) is 21.7 Å². The van der Waals surface area contributed by atoms with Gasteiger partial charge in [0, 0.05) is 33.1 Å². The Labute approximate surface area is 351 Å². The molecule has 0 fully saturated rings. The maximum Gasteiger partial charge on any atom is 0.248 e. The third-order valence-corrected chi connectivity index (χ3v) is 14.3. The number of para-hydroxylation sites is 2. The number of hydrogen-bond donors (Lipinski definition) is 0. The van der Waals surface area contributed by atoms with E-state index in [9.17, 15) is 0 Å². The average Bonchev–Trinajstić information content (AvgIpc) is 3.57. The molecule has 4 heteroatoms. The monoisotopic (exact) mass is 776 g/mol. The second kappa shape index (κ2) is 13.8. The van der Waals surface area contributed by atoms with Crippen LogP contribution in [0.1, 0.15) is 104 Å². The maximum absolute atomic E-state index is 2.60. The van der Waals surface area contributed by atoms with Gasteiger partial charge in [0.15, 0.2) is 0 Å². The second-order valence-electron chi connectivity index (χ2n) is 20.2. The van der Waals surface area contributed by atoms with Crippen molar-refractivity contribution < 1.29 is 0 Å². The molecule has 1 aliphatic carbocycles. The summed E-state index contributed by atoms with van der Waals surface area (Å²) in [6.45, 7) is 23.7. The third kappa shape index (κ3) is 6.58. The Morgan fingerprint density at radius 1 is 0.569 bits per heavy atom. The van der Waals surface area contributed by atoms with Gasteiger partial charge in [-0.05, 0) is 128 Å². The van der Waals surface area contributed by atoms with Gasteiger partial charge in [-0.2, -0.15) is 0 Å². The summed E-state index contributed by atoms with van der Waals surface area (Å²) in [5.41, 5.74) is 16.0. The topological polar surface area (TPSA) is 6.48 Å². The van der Waals surface area contributed by atoms with E-state index in [0.29, 0.717) is 0 Å². The van der Waals surface area contributed by atoms with E-state index in [4.69, 9.17) is 0 Å². The van der Waals surface area contributed by atoms with Crippen LogP contribution in [0, 0.1) is 0 Å². The summed E-state index contributed by atoms with van der Waals surface area (Å²) in [4.78, 5) is 4.98. The zero-order chi connectivity index (χ0) is 40.8. The van der Waals surface area contributed by atoms with Crippen LogP contribution in [0.4, 0.5) is 33.4 Å². The Balaban J connectivity index is 1.35. The van der Waals surface area contributed by atoms with Gasteiger partial charge < -0.3 is 9.80 Å². The van der Waals surface area contributed by atoms with E-state index >= 15 is 0 Å². The molecule has 0 N–H and O–H groups in total. The summed E-state index contributed by atoms with van der Waals surface area (Å²) in [5, 5.41) is 2.68. The Bertz CT molecular complexity index is 2600. The van der Waals surface area contributed by atoms with Crippen molar-refractivity contribution in [2.24, 2.45) is 0 Å². The summed E-state index contributed by atoms with van der Waals surface area (Å²) >= 11 is 1.94. The molecule has 6 aromatic carbocycles. The lowest BCUT2D eigenvalue weighted by Gasteiger charge is -2.42. The highest BCUT2D eigenvalue weighted by Crippen LogP contribution is 2.48. The van der Waals surface area contributed by atoms with Gasteiger partial charge in [-0.25, -0.2) is 0 Å². The van der Waals surface area contributed by atoms with E-state index in [-0.39, 0.29) is 28.4 Å². The van der Waals surface area contributed by atoms with Crippen molar-refractivity contribution in [2.75, 3.05) is 9.80 Å². The van der Waals surface area contributed by atoms with Crippen LogP contribution < -0.4 is 26.2 Å². The smallest absolute Gasteiger partial charge is 0.248 e. The summed E-state index contributed by atoms with van der Waals surface area (Å²) in [6.07, 6.45) is 2.40. The molecule has 0 amide bonds. The van der Waals surface area contributed by atoms with Gasteiger partial charge in [-0.15, -0.1) is 11.3 Å². The Kier molecular flexibility index (Phi) is 9.13. The number of rotatable bonds is 5. The molecule has 2 heterocycles. The largest absolute Gasteiger partial charge is 0.310 e. The van der Waals surface area contributed by atoms with Gasteiger partial charge >= 0.3 is 0 Å². The van der Waals surface area contributed by atoms with Gasteiger partial charge in [-0.1, -0.05) is 160 Å².